The molecular formula is C30H39N7O4. The van der Waals surface area contributed by atoms with Crippen molar-refractivity contribution in [3.8, 4) is 17.0 Å². The molecule has 0 bridgehead atoms. The van der Waals surface area contributed by atoms with Crippen molar-refractivity contribution < 1.29 is 19.8 Å². The predicted octanol–water partition coefficient (Wildman–Crippen LogP) is 1.94. The third kappa shape index (κ3) is 4.99. The second kappa shape index (κ2) is 10.4. The molecule has 2 saturated heterocycles. The number of piperazine rings is 2. The maximum atomic E-state index is 13.1. The number of phenolic OH excluding ortho intramolecular Hbond substituents is 1. The number of aromatic hydroxyl groups is 1. The average Bonchev–Trinajstić information content (AvgIpc) is 2.94. The molecule has 41 heavy (non-hydrogen) atoms. The van der Waals surface area contributed by atoms with E-state index in [1.165, 1.54) is 0 Å². The Kier molecular flexibility index (Phi) is 6.73. The third-order valence-corrected chi connectivity index (χ3v) is 10.2. The van der Waals surface area contributed by atoms with Crippen LogP contribution in [0.3, 0.4) is 0 Å². The van der Waals surface area contributed by atoms with Crippen LogP contribution in [0, 0.1) is 11.3 Å². The van der Waals surface area contributed by atoms with Gasteiger partial charge in [-0.2, -0.15) is 0 Å². The molecule has 1 amide bonds. The third-order valence-electron chi connectivity index (χ3n) is 10.2. The highest BCUT2D eigenvalue weighted by molar-refractivity contribution is 5.77. The number of aliphatic carboxylic acids is 1. The topological polar surface area (TPSA) is 125 Å². The Balaban J connectivity index is 0.872. The molecule has 1 spiro atoms. The predicted molar refractivity (Wildman–Crippen MR) is 154 cm³/mol. The van der Waals surface area contributed by atoms with Crippen LogP contribution in [0.15, 0.2) is 30.3 Å². The van der Waals surface area contributed by atoms with Crippen LogP contribution < -0.4 is 10.2 Å². The Bertz CT molecular complexity index is 1320. The normalized spacial score (nSPS) is 29.6. The van der Waals surface area contributed by atoms with Gasteiger partial charge in [0.2, 0.25) is 5.91 Å². The highest BCUT2D eigenvalue weighted by atomic mass is 16.4. The molecule has 3 aliphatic heterocycles. The molecule has 0 unspecified atom stereocenters. The molecule has 11 nitrogen and oxygen atoms in total. The number of nitrogens with zero attached hydrogens (tertiary/aromatic N) is 6. The molecule has 1 aromatic carbocycles. The fraction of sp³-hybridized carbons (Fsp3) is 0.600. The number of carbonyl (C=O) groups excluding carboxylic acids is 1. The number of carboxylic acids is 1. The number of phenols is 1. The van der Waals surface area contributed by atoms with Crippen LogP contribution in [-0.2, 0) is 9.59 Å². The summed E-state index contributed by atoms with van der Waals surface area (Å²) in [6, 6.07) is 10.0. The maximum Gasteiger partial charge on any atom is 0.306 e. The molecule has 7 rings (SSSR count). The summed E-state index contributed by atoms with van der Waals surface area (Å²) < 4.78 is 0. The smallest absolute Gasteiger partial charge is 0.306 e. The summed E-state index contributed by atoms with van der Waals surface area (Å²) in [5.41, 5.74) is 2.64. The standard InChI is InChI=1S/C30H39N7O4/c38-26-4-2-1-3-23(26)24-13-25-28(33-32-24)31-18-22-19-34(7-12-37(22)25)6-5-27(39)36-10-8-35(9-11-36)21-16-30(17-21)14-20(15-30)29(40)41/h1-4,13,20-22,38H,5-12,14-19H2,(H,31,33)(H,40,41)/t20?,21?,22-,30?/m0/s1. The monoisotopic (exact) mass is 561 g/mol. The first kappa shape index (κ1) is 26.5. The number of amides is 1. The van der Waals surface area contributed by atoms with Crippen LogP contribution in [0.4, 0.5) is 11.5 Å². The van der Waals surface area contributed by atoms with Crippen LogP contribution in [0.1, 0.15) is 32.1 Å². The van der Waals surface area contributed by atoms with Gasteiger partial charge in [-0.05, 0) is 49.3 Å². The van der Waals surface area contributed by atoms with Crippen LogP contribution >= 0.6 is 0 Å². The van der Waals surface area contributed by atoms with Crippen molar-refractivity contribution in [3.05, 3.63) is 30.3 Å². The van der Waals surface area contributed by atoms with Gasteiger partial charge in [-0.3, -0.25) is 19.4 Å². The number of fused-ring (bicyclic) bond motifs is 3. The number of anilines is 2. The number of para-hydroxylation sites is 1. The number of aromatic nitrogens is 2. The lowest BCUT2D eigenvalue weighted by Crippen LogP contribution is -2.61. The number of hydrogen-bond donors (Lipinski definition) is 3. The number of rotatable bonds is 6. The second-order valence-electron chi connectivity index (χ2n) is 12.7. The SMILES string of the molecule is O=C(O)C1CC2(C1)CC(N1CCN(C(=O)CCN3CCN4c5cc(-c6ccccc6O)nnc5NC[C@H]4C3)CC1)C2. The molecule has 2 aromatic rings. The van der Waals surface area contributed by atoms with Gasteiger partial charge in [0.1, 0.15) is 5.75 Å². The van der Waals surface area contributed by atoms with Gasteiger partial charge in [0, 0.05) is 76.9 Å². The summed E-state index contributed by atoms with van der Waals surface area (Å²) in [5, 5.41) is 31.6. The molecule has 3 N–H and O–H groups in total. The summed E-state index contributed by atoms with van der Waals surface area (Å²) >= 11 is 0. The Morgan fingerprint density at radius 1 is 0.976 bits per heavy atom. The van der Waals surface area contributed by atoms with E-state index in [1.54, 1.807) is 12.1 Å². The van der Waals surface area contributed by atoms with Crippen molar-refractivity contribution in [1.82, 2.24) is 24.9 Å². The van der Waals surface area contributed by atoms with E-state index in [2.05, 4.69) is 30.2 Å². The molecule has 0 radical (unpaired) electrons. The summed E-state index contributed by atoms with van der Waals surface area (Å²) in [6.07, 6.45) is 4.49. The summed E-state index contributed by atoms with van der Waals surface area (Å²) in [7, 11) is 0. The van der Waals surface area contributed by atoms with Crippen molar-refractivity contribution >= 4 is 23.4 Å². The summed E-state index contributed by atoms with van der Waals surface area (Å²) in [4.78, 5) is 33.6. The summed E-state index contributed by atoms with van der Waals surface area (Å²) in [6.45, 7) is 7.60. The number of carbonyl (C=O) groups is 2. The first-order valence-electron chi connectivity index (χ1n) is 15.0. The zero-order valence-electron chi connectivity index (χ0n) is 23.4. The van der Waals surface area contributed by atoms with E-state index in [1.807, 2.05) is 23.1 Å². The van der Waals surface area contributed by atoms with Gasteiger partial charge in [0.05, 0.1) is 23.3 Å². The lowest BCUT2D eigenvalue weighted by atomic mass is 9.49. The molecule has 11 heteroatoms. The number of benzene rings is 1. The Morgan fingerprint density at radius 2 is 1.76 bits per heavy atom. The second-order valence-corrected chi connectivity index (χ2v) is 12.7. The molecule has 1 aromatic heterocycles. The Morgan fingerprint density at radius 3 is 2.51 bits per heavy atom. The first-order chi connectivity index (χ1) is 19.9. The summed E-state index contributed by atoms with van der Waals surface area (Å²) in [5.74, 6) is 0.449. The van der Waals surface area contributed by atoms with Crippen molar-refractivity contribution in [2.45, 2.75) is 44.2 Å². The minimum atomic E-state index is -0.636. The van der Waals surface area contributed by atoms with E-state index in [0.29, 0.717) is 29.1 Å². The zero-order valence-corrected chi connectivity index (χ0v) is 23.4. The van der Waals surface area contributed by atoms with Crippen LogP contribution in [0.25, 0.3) is 11.3 Å². The van der Waals surface area contributed by atoms with Gasteiger partial charge in [-0.1, -0.05) is 12.1 Å². The highest BCUT2D eigenvalue weighted by Gasteiger charge is 2.56. The molecule has 218 valence electrons. The van der Waals surface area contributed by atoms with Gasteiger partial charge >= 0.3 is 5.97 Å². The van der Waals surface area contributed by atoms with E-state index in [-0.39, 0.29) is 23.6 Å². The lowest BCUT2D eigenvalue weighted by Gasteiger charge is -2.59. The van der Waals surface area contributed by atoms with Gasteiger partial charge in [-0.15, -0.1) is 10.2 Å². The number of carboxylic acid groups (broad SMARTS) is 1. The minimum absolute atomic E-state index is 0.129. The van der Waals surface area contributed by atoms with Crippen molar-refractivity contribution in [2.75, 3.05) is 69.1 Å². The van der Waals surface area contributed by atoms with Crippen molar-refractivity contribution in [1.29, 1.82) is 0 Å². The van der Waals surface area contributed by atoms with Crippen LogP contribution in [0.2, 0.25) is 0 Å². The van der Waals surface area contributed by atoms with E-state index >= 15 is 0 Å². The molecule has 4 fully saturated rings. The Labute approximate surface area is 240 Å². The first-order valence-corrected chi connectivity index (χ1v) is 15.0. The van der Waals surface area contributed by atoms with Crippen molar-refractivity contribution in [2.24, 2.45) is 11.3 Å². The molecule has 1 atom stereocenters. The largest absolute Gasteiger partial charge is 0.507 e. The number of hydrogen-bond acceptors (Lipinski definition) is 9. The van der Waals surface area contributed by atoms with Crippen LogP contribution in [0.5, 0.6) is 5.75 Å². The van der Waals surface area contributed by atoms with Gasteiger partial charge < -0.3 is 25.3 Å². The van der Waals surface area contributed by atoms with Gasteiger partial charge in [0.25, 0.3) is 0 Å². The fourth-order valence-corrected chi connectivity index (χ4v) is 7.82. The minimum Gasteiger partial charge on any atom is -0.507 e. The molecule has 2 saturated carbocycles. The lowest BCUT2D eigenvalue weighted by molar-refractivity contribution is -0.160. The molecule has 2 aliphatic carbocycles. The zero-order chi connectivity index (χ0) is 28.1. The molecule has 5 aliphatic rings. The molecule has 4 heterocycles. The highest BCUT2D eigenvalue weighted by Crippen LogP contribution is 2.60. The Hall–Kier alpha value is -3.44. The van der Waals surface area contributed by atoms with Crippen LogP contribution in [-0.4, -0.2) is 118 Å². The van der Waals surface area contributed by atoms with E-state index in [0.717, 1.165) is 96.1 Å². The quantitative estimate of drug-likeness (QED) is 0.482. The fourth-order valence-electron chi connectivity index (χ4n) is 7.82. The van der Waals surface area contributed by atoms with E-state index in [4.69, 9.17) is 0 Å². The average molecular weight is 562 g/mol. The van der Waals surface area contributed by atoms with Crippen molar-refractivity contribution in [3.63, 3.8) is 0 Å². The number of nitrogens with one attached hydrogen (secondary N) is 1. The van der Waals surface area contributed by atoms with Gasteiger partial charge in [0.15, 0.2) is 5.82 Å². The maximum absolute atomic E-state index is 13.1. The van der Waals surface area contributed by atoms with Gasteiger partial charge in [-0.25, -0.2) is 0 Å². The van der Waals surface area contributed by atoms with E-state index in [9.17, 15) is 19.8 Å². The van der Waals surface area contributed by atoms with E-state index < -0.39 is 5.97 Å². The molecular weight excluding hydrogens is 522 g/mol.